The average molecular weight is 575 g/mol. The summed E-state index contributed by atoms with van der Waals surface area (Å²) in [5.74, 6) is -0.332. The van der Waals surface area contributed by atoms with E-state index in [4.69, 9.17) is 16.3 Å². The number of carbonyl (C=O) groups is 2. The van der Waals surface area contributed by atoms with E-state index in [0.717, 1.165) is 50.9 Å². The van der Waals surface area contributed by atoms with Crippen LogP contribution >= 0.6 is 11.6 Å². The molecular weight excluding hydrogens is 536 g/mol. The Bertz CT molecular complexity index is 1380. The van der Waals surface area contributed by atoms with Gasteiger partial charge in [0.05, 0.1) is 29.6 Å². The predicted octanol–water partition coefficient (Wildman–Crippen LogP) is 6.23. The Morgan fingerprint density at radius 2 is 1.83 bits per heavy atom. The molecule has 6 nitrogen and oxygen atoms in total. The van der Waals surface area contributed by atoms with Crippen molar-refractivity contribution < 1.29 is 19.4 Å². The number of hydrogen-bond acceptors (Lipinski definition) is 5. The number of halogens is 1. The number of allylic oxidation sites excluding steroid dienone is 2. The number of amides is 2. The molecule has 3 saturated heterocycles. The van der Waals surface area contributed by atoms with Gasteiger partial charge in [-0.05, 0) is 80.9 Å². The number of benzene rings is 2. The van der Waals surface area contributed by atoms with Gasteiger partial charge in [0, 0.05) is 31.6 Å². The van der Waals surface area contributed by atoms with E-state index in [-0.39, 0.29) is 47.5 Å². The van der Waals surface area contributed by atoms with E-state index in [1.807, 2.05) is 12.1 Å². The number of rotatable bonds is 7. The largest absolute Gasteiger partial charge is 0.508 e. The van der Waals surface area contributed by atoms with E-state index >= 15 is 0 Å². The van der Waals surface area contributed by atoms with E-state index in [9.17, 15) is 14.7 Å². The molecule has 0 radical (unpaired) electrons. The molecular formula is C34H39ClN2O4. The molecule has 3 fully saturated rings. The lowest BCUT2D eigenvalue weighted by Gasteiger charge is -2.36. The summed E-state index contributed by atoms with van der Waals surface area (Å²) >= 11 is 6.29. The molecule has 0 spiro atoms. The van der Waals surface area contributed by atoms with Crippen LogP contribution in [0, 0.1) is 17.8 Å². The number of aromatic hydroxyl groups is 1. The summed E-state index contributed by atoms with van der Waals surface area (Å²) in [5.41, 5.74) is 5.83. The normalized spacial score (nSPS) is 27.5. The van der Waals surface area contributed by atoms with Crippen molar-refractivity contribution in [2.45, 2.75) is 64.6 Å². The van der Waals surface area contributed by atoms with Crippen LogP contribution in [0.2, 0.25) is 5.02 Å². The number of likely N-dealkylation sites (tertiary alicyclic amines) is 2. The Morgan fingerprint density at radius 3 is 2.56 bits per heavy atom. The van der Waals surface area contributed by atoms with Gasteiger partial charge in [-0.15, -0.1) is 0 Å². The van der Waals surface area contributed by atoms with Gasteiger partial charge in [-0.1, -0.05) is 59.2 Å². The van der Waals surface area contributed by atoms with Gasteiger partial charge in [0.1, 0.15) is 5.75 Å². The molecule has 1 aliphatic carbocycles. The molecule has 0 bridgehead atoms. The van der Waals surface area contributed by atoms with Gasteiger partial charge in [0.2, 0.25) is 11.8 Å². The molecule has 4 atom stereocenters. The van der Waals surface area contributed by atoms with Crippen LogP contribution in [0.5, 0.6) is 5.75 Å². The van der Waals surface area contributed by atoms with E-state index < -0.39 is 0 Å². The number of fused-ring (bicyclic) bond motifs is 3. The van der Waals surface area contributed by atoms with Crippen molar-refractivity contribution >= 4 is 29.5 Å². The molecule has 216 valence electrons. The minimum Gasteiger partial charge on any atom is -0.508 e. The fourth-order valence-electron chi connectivity index (χ4n) is 7.52. The summed E-state index contributed by atoms with van der Waals surface area (Å²) in [6.07, 6.45) is 6.01. The highest BCUT2D eigenvalue weighted by atomic mass is 35.5. The maximum atomic E-state index is 13.9. The summed E-state index contributed by atoms with van der Waals surface area (Å²) < 4.78 is 6.32. The Kier molecular flexibility index (Phi) is 8.08. The maximum absolute atomic E-state index is 13.9. The van der Waals surface area contributed by atoms with Crippen LogP contribution in [0.1, 0.15) is 57.1 Å². The highest BCUT2D eigenvalue weighted by Crippen LogP contribution is 2.50. The van der Waals surface area contributed by atoms with Crippen LogP contribution in [-0.2, 0) is 20.9 Å². The molecule has 0 saturated carbocycles. The van der Waals surface area contributed by atoms with Crippen molar-refractivity contribution in [1.29, 1.82) is 0 Å². The van der Waals surface area contributed by atoms with Gasteiger partial charge in [-0.3, -0.25) is 19.4 Å². The predicted molar refractivity (Wildman–Crippen MR) is 160 cm³/mol. The molecule has 2 aromatic rings. The van der Waals surface area contributed by atoms with Crippen LogP contribution in [0.3, 0.4) is 0 Å². The highest BCUT2D eigenvalue weighted by Gasteiger charge is 2.57. The zero-order chi connectivity index (χ0) is 28.7. The zero-order valence-corrected chi connectivity index (χ0v) is 24.6. The maximum Gasteiger partial charge on any atom is 0.234 e. The van der Waals surface area contributed by atoms with Crippen molar-refractivity contribution in [2.75, 3.05) is 19.7 Å². The Hall–Kier alpha value is -2.93. The Labute approximate surface area is 247 Å². The first kappa shape index (κ1) is 28.2. The van der Waals surface area contributed by atoms with Crippen LogP contribution in [0.25, 0.3) is 6.08 Å². The first-order chi connectivity index (χ1) is 19.8. The van der Waals surface area contributed by atoms with Gasteiger partial charge in [-0.2, -0.15) is 0 Å². The quantitative estimate of drug-likeness (QED) is 0.313. The van der Waals surface area contributed by atoms with Crippen molar-refractivity contribution in [1.82, 2.24) is 9.80 Å². The number of imide groups is 1. The van der Waals surface area contributed by atoms with Crippen molar-refractivity contribution in [2.24, 2.45) is 17.8 Å². The van der Waals surface area contributed by atoms with Crippen molar-refractivity contribution in [3.63, 3.8) is 0 Å². The molecule has 0 aromatic heterocycles. The number of phenolic OH excluding ortho intramolecular Hbond substituents is 1. The van der Waals surface area contributed by atoms with Gasteiger partial charge in [0.25, 0.3) is 0 Å². The molecule has 2 amide bonds. The molecule has 7 heteroatoms. The van der Waals surface area contributed by atoms with Crippen LogP contribution in [0.15, 0.2) is 65.3 Å². The second kappa shape index (κ2) is 11.7. The molecule has 2 aromatic carbocycles. The summed E-state index contributed by atoms with van der Waals surface area (Å²) in [7, 11) is 0. The van der Waals surface area contributed by atoms with Crippen LogP contribution in [-0.4, -0.2) is 58.6 Å². The summed E-state index contributed by atoms with van der Waals surface area (Å²) in [6.45, 7) is 7.41. The fourth-order valence-corrected chi connectivity index (χ4v) is 7.75. The second-order valence-corrected chi connectivity index (χ2v) is 12.7. The lowest BCUT2D eigenvalue weighted by atomic mass is 9.70. The third-order valence-corrected chi connectivity index (χ3v) is 9.87. The Morgan fingerprint density at radius 1 is 1.07 bits per heavy atom. The first-order valence-corrected chi connectivity index (χ1v) is 15.3. The third-order valence-electron chi connectivity index (χ3n) is 9.54. The monoisotopic (exact) mass is 574 g/mol. The number of piperidine rings is 1. The molecule has 6 rings (SSSR count). The van der Waals surface area contributed by atoms with E-state index in [0.29, 0.717) is 18.1 Å². The standard InChI is InChI=1S/C34H39ClN2O4/c1-21(16-24-9-10-26(38)18-29(24)35)8-11-30-31-22(2)17-27-32(28(31)20-41-30)34(40)37(33(27)39)25-12-14-36(15-13-25)19-23-6-4-3-5-7-23/h3-7,9-10,16,18,25,27-28,30,32,38H,8,11-15,17,19-20H2,1-2H3/b21-16+/t27-,28+,30-,32-/m1/s1. The van der Waals surface area contributed by atoms with Crippen LogP contribution in [0.4, 0.5) is 0 Å². The number of ether oxygens (including phenoxy) is 1. The van der Waals surface area contributed by atoms with Gasteiger partial charge < -0.3 is 9.84 Å². The number of nitrogens with zero attached hydrogens (tertiary/aromatic N) is 2. The lowest BCUT2D eigenvalue weighted by molar-refractivity contribution is -0.144. The van der Waals surface area contributed by atoms with Crippen molar-refractivity contribution in [3.05, 3.63) is 81.4 Å². The van der Waals surface area contributed by atoms with E-state index in [1.165, 1.54) is 22.3 Å². The minimum absolute atomic E-state index is 0.00537. The smallest absolute Gasteiger partial charge is 0.234 e. The number of hydrogen-bond donors (Lipinski definition) is 1. The van der Waals surface area contributed by atoms with Crippen molar-refractivity contribution in [3.8, 4) is 5.75 Å². The molecule has 1 N–H and O–H groups in total. The molecule has 4 aliphatic rings. The minimum atomic E-state index is -0.291. The summed E-state index contributed by atoms with van der Waals surface area (Å²) in [6, 6.07) is 15.5. The summed E-state index contributed by atoms with van der Waals surface area (Å²) in [5, 5.41) is 10.1. The molecule has 3 aliphatic heterocycles. The van der Waals surface area contributed by atoms with Gasteiger partial charge in [0.15, 0.2) is 0 Å². The SMILES string of the molecule is CC1=C2[C@@H](CC/C(C)=C/c3ccc(O)cc3Cl)OC[C@@H]2[C@@H]2C(=O)N(C3CCN(Cc4ccccc4)CC3)C(=O)[C@@H]2C1. The first-order valence-electron chi connectivity index (χ1n) is 14.9. The average Bonchev–Trinajstić information content (AvgIpc) is 3.49. The third kappa shape index (κ3) is 5.62. The van der Waals surface area contributed by atoms with Gasteiger partial charge >= 0.3 is 0 Å². The lowest BCUT2D eigenvalue weighted by Crippen LogP contribution is -2.47. The molecule has 0 unspecified atom stereocenters. The Balaban J connectivity index is 1.09. The summed E-state index contributed by atoms with van der Waals surface area (Å²) in [4.78, 5) is 31.6. The van der Waals surface area contributed by atoms with Crippen LogP contribution < -0.4 is 0 Å². The molecule has 3 heterocycles. The number of phenols is 1. The van der Waals surface area contributed by atoms with E-state index in [1.54, 1.807) is 17.0 Å². The molecule has 41 heavy (non-hydrogen) atoms. The second-order valence-electron chi connectivity index (χ2n) is 12.3. The van der Waals surface area contributed by atoms with Gasteiger partial charge in [-0.25, -0.2) is 0 Å². The topological polar surface area (TPSA) is 70.1 Å². The van der Waals surface area contributed by atoms with E-state index in [2.05, 4.69) is 49.1 Å². The fraction of sp³-hybridized carbons (Fsp3) is 0.471. The highest BCUT2D eigenvalue weighted by molar-refractivity contribution is 6.32. The zero-order valence-electron chi connectivity index (χ0n) is 23.9. The number of carbonyl (C=O) groups excluding carboxylic acids is 2.